The van der Waals surface area contributed by atoms with Crippen molar-refractivity contribution in [2.75, 3.05) is 24.7 Å². The van der Waals surface area contributed by atoms with E-state index in [1.165, 1.54) is 45.3 Å². The molecule has 1 saturated carbocycles. The summed E-state index contributed by atoms with van der Waals surface area (Å²) in [7, 11) is 1.46. The number of nitrogens with one attached hydrogen (secondary N) is 1. The van der Waals surface area contributed by atoms with Crippen molar-refractivity contribution in [3.05, 3.63) is 17.9 Å². The van der Waals surface area contributed by atoms with Gasteiger partial charge in [0.05, 0.1) is 18.5 Å². The minimum Gasteiger partial charge on any atom is -0.494 e. The van der Waals surface area contributed by atoms with Crippen LogP contribution < -0.4 is 15.8 Å². The van der Waals surface area contributed by atoms with E-state index in [4.69, 9.17) is 10.5 Å². The van der Waals surface area contributed by atoms with Crippen LogP contribution in [0.5, 0.6) is 5.75 Å². The highest BCUT2D eigenvalue weighted by atomic mass is 19.1. The quantitative estimate of drug-likeness (QED) is 0.800. The van der Waals surface area contributed by atoms with Gasteiger partial charge in [0.25, 0.3) is 0 Å². The molecule has 1 aromatic rings. The summed E-state index contributed by atoms with van der Waals surface area (Å²) < 4.78 is 18.5. The summed E-state index contributed by atoms with van der Waals surface area (Å²) >= 11 is 0. The number of anilines is 2. The first-order valence-electron chi connectivity index (χ1n) is 7.50. The zero-order valence-electron chi connectivity index (χ0n) is 12.4. The highest BCUT2D eigenvalue weighted by molar-refractivity contribution is 5.68. The van der Waals surface area contributed by atoms with Crippen LogP contribution in [-0.2, 0) is 0 Å². The Morgan fingerprint density at radius 2 is 1.90 bits per heavy atom. The smallest absolute Gasteiger partial charge is 0.167 e. The van der Waals surface area contributed by atoms with Crippen molar-refractivity contribution in [3.63, 3.8) is 0 Å². The Balaban J connectivity index is 1.91. The van der Waals surface area contributed by atoms with Crippen LogP contribution in [0.25, 0.3) is 0 Å². The van der Waals surface area contributed by atoms with E-state index >= 15 is 0 Å². The molecule has 3 N–H and O–H groups in total. The third-order valence-electron chi connectivity index (χ3n) is 4.45. The van der Waals surface area contributed by atoms with E-state index in [1.807, 2.05) is 0 Å². The van der Waals surface area contributed by atoms with Gasteiger partial charge in [-0.2, -0.15) is 0 Å². The van der Waals surface area contributed by atoms with Crippen molar-refractivity contribution >= 4 is 11.4 Å². The number of benzene rings is 1. The molecule has 0 aromatic heterocycles. The number of nitrogen functional groups attached to an aromatic ring is 1. The lowest BCUT2D eigenvalue weighted by Gasteiger charge is -2.28. The molecule has 0 unspecified atom stereocenters. The van der Waals surface area contributed by atoms with Crippen molar-refractivity contribution in [2.24, 2.45) is 11.8 Å². The monoisotopic (exact) mass is 280 g/mol. The topological polar surface area (TPSA) is 47.3 Å². The molecule has 0 radical (unpaired) electrons. The largest absolute Gasteiger partial charge is 0.494 e. The maximum atomic E-state index is 13.5. The molecule has 1 aliphatic carbocycles. The second kappa shape index (κ2) is 6.82. The number of ether oxygens (including phenoxy) is 1. The number of nitrogens with two attached hydrogens (primary N) is 1. The number of halogens is 1. The fraction of sp³-hybridized carbons (Fsp3) is 0.625. The first kappa shape index (κ1) is 14.9. The molecule has 1 aromatic carbocycles. The fourth-order valence-electron chi connectivity index (χ4n) is 2.98. The molecule has 0 bridgehead atoms. The van der Waals surface area contributed by atoms with Gasteiger partial charge in [0.1, 0.15) is 0 Å². The normalized spacial score (nSPS) is 22.6. The lowest BCUT2D eigenvalue weighted by molar-refractivity contribution is 0.278. The Morgan fingerprint density at radius 3 is 2.50 bits per heavy atom. The Morgan fingerprint density at radius 1 is 1.25 bits per heavy atom. The summed E-state index contributed by atoms with van der Waals surface area (Å²) in [5, 5.41) is 3.35. The maximum Gasteiger partial charge on any atom is 0.167 e. The van der Waals surface area contributed by atoms with Crippen molar-refractivity contribution in [2.45, 2.75) is 39.0 Å². The molecular weight excluding hydrogens is 255 g/mol. The van der Waals surface area contributed by atoms with Gasteiger partial charge in [-0.3, -0.25) is 0 Å². The van der Waals surface area contributed by atoms with E-state index in [0.29, 0.717) is 11.6 Å². The maximum absolute atomic E-state index is 13.5. The molecule has 2 rings (SSSR count). The van der Waals surface area contributed by atoms with Crippen molar-refractivity contribution < 1.29 is 9.13 Å². The number of methoxy groups -OCH3 is 1. The average molecular weight is 280 g/mol. The van der Waals surface area contributed by atoms with Crippen LogP contribution >= 0.6 is 0 Å². The van der Waals surface area contributed by atoms with E-state index in [0.717, 1.165) is 18.2 Å². The summed E-state index contributed by atoms with van der Waals surface area (Å²) in [6.45, 7) is 3.17. The molecule has 3 nitrogen and oxygen atoms in total. The minimum absolute atomic E-state index is 0.233. The van der Waals surface area contributed by atoms with Gasteiger partial charge in [0.15, 0.2) is 11.6 Å². The second-order valence-electron chi connectivity index (χ2n) is 5.75. The first-order chi connectivity index (χ1) is 9.63. The Bertz CT molecular complexity index is 442. The molecule has 0 amide bonds. The molecular formula is C16H25FN2O. The van der Waals surface area contributed by atoms with Crippen LogP contribution in [0, 0.1) is 17.7 Å². The van der Waals surface area contributed by atoms with Gasteiger partial charge in [-0.1, -0.05) is 26.2 Å². The Labute approximate surface area is 120 Å². The summed E-state index contributed by atoms with van der Waals surface area (Å²) in [4.78, 5) is 0. The number of rotatable bonds is 5. The molecule has 112 valence electrons. The summed E-state index contributed by atoms with van der Waals surface area (Å²) in [6.07, 6.45) is 6.48. The zero-order chi connectivity index (χ0) is 14.5. The molecule has 1 fully saturated rings. The molecule has 0 heterocycles. The SMILES string of the molecule is CCC1CCC(CNc2cc(OC)c(F)cc2N)CC1. The van der Waals surface area contributed by atoms with E-state index in [9.17, 15) is 4.39 Å². The second-order valence-corrected chi connectivity index (χ2v) is 5.75. The minimum atomic E-state index is -0.418. The van der Waals surface area contributed by atoms with Crippen LogP contribution in [0.3, 0.4) is 0 Å². The van der Waals surface area contributed by atoms with Crippen LogP contribution in [0.2, 0.25) is 0 Å². The van der Waals surface area contributed by atoms with Crippen LogP contribution in [0.1, 0.15) is 39.0 Å². The van der Waals surface area contributed by atoms with Crippen molar-refractivity contribution in [1.29, 1.82) is 0 Å². The highest BCUT2D eigenvalue weighted by Gasteiger charge is 2.20. The first-order valence-corrected chi connectivity index (χ1v) is 7.50. The van der Waals surface area contributed by atoms with Crippen LogP contribution in [-0.4, -0.2) is 13.7 Å². The number of hydrogen-bond acceptors (Lipinski definition) is 3. The summed E-state index contributed by atoms with van der Waals surface area (Å²) in [5.74, 6) is 1.41. The van der Waals surface area contributed by atoms with Gasteiger partial charge in [-0.15, -0.1) is 0 Å². The Hall–Kier alpha value is -1.45. The zero-order valence-corrected chi connectivity index (χ0v) is 12.4. The predicted molar refractivity (Wildman–Crippen MR) is 81.6 cm³/mol. The number of hydrogen-bond donors (Lipinski definition) is 2. The highest BCUT2D eigenvalue weighted by Crippen LogP contribution is 2.32. The molecule has 20 heavy (non-hydrogen) atoms. The van der Waals surface area contributed by atoms with Gasteiger partial charge < -0.3 is 15.8 Å². The summed E-state index contributed by atoms with van der Waals surface area (Å²) in [6, 6.07) is 2.96. The fourth-order valence-corrected chi connectivity index (χ4v) is 2.98. The van der Waals surface area contributed by atoms with Crippen LogP contribution in [0.4, 0.5) is 15.8 Å². The van der Waals surface area contributed by atoms with E-state index in [1.54, 1.807) is 6.07 Å². The van der Waals surface area contributed by atoms with E-state index in [-0.39, 0.29) is 5.75 Å². The van der Waals surface area contributed by atoms with Gasteiger partial charge >= 0.3 is 0 Å². The van der Waals surface area contributed by atoms with Crippen molar-refractivity contribution in [1.82, 2.24) is 0 Å². The van der Waals surface area contributed by atoms with Gasteiger partial charge in [-0.25, -0.2) is 4.39 Å². The molecule has 0 spiro atoms. The molecule has 4 heteroatoms. The standard InChI is InChI=1S/C16H25FN2O/c1-3-11-4-6-12(7-5-11)10-19-15-9-16(20-2)13(17)8-14(15)18/h8-9,11-12,19H,3-7,10,18H2,1-2H3. The van der Waals surface area contributed by atoms with E-state index < -0.39 is 5.82 Å². The molecule has 0 saturated heterocycles. The average Bonchev–Trinajstić information content (AvgIpc) is 2.47. The van der Waals surface area contributed by atoms with Gasteiger partial charge in [0, 0.05) is 18.7 Å². The molecule has 1 aliphatic rings. The van der Waals surface area contributed by atoms with E-state index in [2.05, 4.69) is 12.2 Å². The van der Waals surface area contributed by atoms with Crippen molar-refractivity contribution in [3.8, 4) is 5.75 Å². The summed E-state index contributed by atoms with van der Waals surface area (Å²) in [5.41, 5.74) is 7.05. The third kappa shape index (κ3) is 3.56. The third-order valence-corrected chi connectivity index (χ3v) is 4.45. The van der Waals surface area contributed by atoms with Gasteiger partial charge in [0.2, 0.25) is 0 Å². The van der Waals surface area contributed by atoms with Gasteiger partial charge in [-0.05, 0) is 24.7 Å². The lowest BCUT2D eigenvalue weighted by Crippen LogP contribution is -2.21. The van der Waals surface area contributed by atoms with Crippen LogP contribution in [0.15, 0.2) is 12.1 Å². The Kier molecular flexibility index (Phi) is 5.10. The predicted octanol–water partition coefficient (Wildman–Crippen LogP) is 4.04. The molecule has 0 atom stereocenters. The lowest BCUT2D eigenvalue weighted by atomic mass is 9.81. The molecule has 0 aliphatic heterocycles.